The predicted octanol–water partition coefficient (Wildman–Crippen LogP) is 5.49. The van der Waals surface area contributed by atoms with Crippen molar-refractivity contribution in [3.05, 3.63) is 64.7 Å². The molecule has 3 nitrogen and oxygen atoms in total. The van der Waals surface area contributed by atoms with Crippen LogP contribution in [0.15, 0.2) is 42.5 Å². The number of para-hydroxylation sites is 1. The summed E-state index contributed by atoms with van der Waals surface area (Å²) in [5, 5.41) is 0. The van der Waals surface area contributed by atoms with Gasteiger partial charge in [0.2, 0.25) is 5.92 Å². The number of amides is 1. The van der Waals surface area contributed by atoms with Gasteiger partial charge in [-0.3, -0.25) is 9.69 Å². The minimum Gasteiger partial charge on any atom is -0.304 e. The molecule has 30 heavy (non-hydrogen) atoms. The molecule has 0 aliphatic carbocycles. The van der Waals surface area contributed by atoms with Gasteiger partial charge in [-0.2, -0.15) is 13.2 Å². The number of hydrogen-bond acceptors (Lipinski definition) is 2. The quantitative estimate of drug-likeness (QED) is 0.609. The number of alkyl halides is 5. The van der Waals surface area contributed by atoms with Gasteiger partial charge in [0.05, 0.1) is 12.1 Å². The molecule has 0 unspecified atom stereocenters. The number of carbonyl (C=O) groups excluding carboxylic acids is 1. The molecule has 2 aromatic rings. The molecule has 2 aliphatic heterocycles. The number of anilines is 1. The molecule has 2 aromatic carbocycles. The summed E-state index contributed by atoms with van der Waals surface area (Å²) < 4.78 is 68.6. The van der Waals surface area contributed by atoms with Crippen LogP contribution in [0.2, 0.25) is 0 Å². The Labute approximate surface area is 171 Å². The lowest BCUT2D eigenvalue weighted by Gasteiger charge is -2.21. The SMILES string of the molecule is O=C1c2cc(CN3CCCC(F)(F)CC3)cc(C(F)(F)F)c2CN1c1ccccc1. The Morgan fingerprint density at radius 1 is 1.00 bits per heavy atom. The van der Waals surface area contributed by atoms with E-state index in [4.69, 9.17) is 0 Å². The topological polar surface area (TPSA) is 23.6 Å². The van der Waals surface area contributed by atoms with E-state index in [0.717, 1.165) is 6.07 Å². The average Bonchev–Trinajstić information content (AvgIpc) is 2.91. The van der Waals surface area contributed by atoms with Crippen molar-refractivity contribution in [2.75, 3.05) is 18.0 Å². The van der Waals surface area contributed by atoms with Crippen molar-refractivity contribution >= 4 is 11.6 Å². The molecule has 1 fully saturated rings. The van der Waals surface area contributed by atoms with Crippen LogP contribution in [-0.4, -0.2) is 29.8 Å². The Morgan fingerprint density at radius 2 is 1.73 bits per heavy atom. The maximum absolute atomic E-state index is 13.8. The van der Waals surface area contributed by atoms with Gasteiger partial charge in [0.25, 0.3) is 5.91 Å². The molecule has 1 amide bonds. The second kappa shape index (κ2) is 7.65. The van der Waals surface area contributed by atoms with Crippen LogP contribution in [0.25, 0.3) is 0 Å². The highest BCUT2D eigenvalue weighted by Gasteiger charge is 2.40. The van der Waals surface area contributed by atoms with E-state index in [1.54, 1.807) is 35.2 Å². The Morgan fingerprint density at radius 3 is 2.43 bits per heavy atom. The van der Waals surface area contributed by atoms with Crippen LogP contribution in [0.1, 0.15) is 46.3 Å². The third-order valence-electron chi connectivity index (χ3n) is 5.69. The van der Waals surface area contributed by atoms with Crippen LogP contribution in [0.4, 0.5) is 27.6 Å². The Bertz CT molecular complexity index is 943. The molecule has 160 valence electrons. The number of rotatable bonds is 3. The summed E-state index contributed by atoms with van der Waals surface area (Å²) in [5.41, 5.74) is 0.00550. The molecule has 0 aromatic heterocycles. The molecular weight excluding hydrogens is 403 g/mol. The van der Waals surface area contributed by atoms with Crippen LogP contribution >= 0.6 is 0 Å². The summed E-state index contributed by atoms with van der Waals surface area (Å²) in [7, 11) is 0. The van der Waals surface area contributed by atoms with E-state index >= 15 is 0 Å². The zero-order valence-corrected chi connectivity index (χ0v) is 16.2. The molecule has 0 spiro atoms. The van der Waals surface area contributed by atoms with E-state index in [0.29, 0.717) is 17.8 Å². The van der Waals surface area contributed by atoms with Crippen LogP contribution in [0.3, 0.4) is 0 Å². The van der Waals surface area contributed by atoms with Crippen LogP contribution in [0.5, 0.6) is 0 Å². The molecule has 0 atom stereocenters. The van der Waals surface area contributed by atoms with Crippen molar-refractivity contribution in [1.29, 1.82) is 0 Å². The van der Waals surface area contributed by atoms with Gasteiger partial charge >= 0.3 is 6.18 Å². The zero-order chi connectivity index (χ0) is 21.5. The van der Waals surface area contributed by atoms with Crippen LogP contribution < -0.4 is 4.90 Å². The van der Waals surface area contributed by atoms with E-state index in [9.17, 15) is 26.7 Å². The monoisotopic (exact) mass is 424 g/mol. The minimum absolute atomic E-state index is 0.0313. The zero-order valence-electron chi connectivity index (χ0n) is 16.2. The summed E-state index contributed by atoms with van der Waals surface area (Å²) in [4.78, 5) is 16.0. The number of carbonyl (C=O) groups is 1. The molecule has 0 bridgehead atoms. The van der Waals surface area contributed by atoms with Gasteiger partial charge in [0.1, 0.15) is 0 Å². The van der Waals surface area contributed by atoms with Crippen molar-refractivity contribution in [3.8, 4) is 0 Å². The molecule has 2 heterocycles. The van der Waals surface area contributed by atoms with Gasteiger partial charge in [0.15, 0.2) is 0 Å². The fourth-order valence-corrected chi connectivity index (χ4v) is 4.17. The Balaban J connectivity index is 1.66. The summed E-state index contributed by atoms with van der Waals surface area (Å²) >= 11 is 0. The summed E-state index contributed by atoms with van der Waals surface area (Å²) in [6.45, 7) is 0.446. The normalized spacial score (nSPS) is 19.6. The number of hydrogen-bond donors (Lipinski definition) is 0. The predicted molar refractivity (Wildman–Crippen MR) is 102 cm³/mol. The van der Waals surface area contributed by atoms with Crippen molar-refractivity contribution < 1.29 is 26.7 Å². The van der Waals surface area contributed by atoms with E-state index in [-0.39, 0.29) is 50.0 Å². The largest absolute Gasteiger partial charge is 0.416 e. The number of fused-ring (bicyclic) bond motifs is 1. The molecule has 0 saturated carbocycles. The molecule has 8 heteroatoms. The van der Waals surface area contributed by atoms with Gasteiger partial charge in [-0.15, -0.1) is 0 Å². The molecule has 1 saturated heterocycles. The lowest BCUT2D eigenvalue weighted by Crippen LogP contribution is -2.26. The third kappa shape index (κ3) is 4.19. The first-order valence-electron chi connectivity index (χ1n) is 9.84. The smallest absolute Gasteiger partial charge is 0.304 e. The molecule has 2 aliphatic rings. The van der Waals surface area contributed by atoms with E-state index in [2.05, 4.69) is 0 Å². The first kappa shape index (κ1) is 20.8. The minimum atomic E-state index is -4.61. The fraction of sp³-hybridized carbons (Fsp3) is 0.409. The summed E-state index contributed by atoms with van der Waals surface area (Å²) in [6, 6.07) is 11.1. The number of nitrogens with zero attached hydrogens (tertiary/aromatic N) is 2. The first-order chi connectivity index (χ1) is 14.1. The van der Waals surface area contributed by atoms with Crippen molar-refractivity contribution in [2.45, 2.75) is 44.5 Å². The highest BCUT2D eigenvalue weighted by Crippen LogP contribution is 2.40. The van der Waals surface area contributed by atoms with E-state index in [1.807, 2.05) is 0 Å². The summed E-state index contributed by atoms with van der Waals surface area (Å²) in [6.07, 6.45) is -4.86. The average molecular weight is 424 g/mol. The van der Waals surface area contributed by atoms with Gasteiger partial charge in [-0.25, -0.2) is 8.78 Å². The first-order valence-corrected chi connectivity index (χ1v) is 9.84. The molecule has 0 radical (unpaired) electrons. The highest BCUT2D eigenvalue weighted by atomic mass is 19.4. The van der Waals surface area contributed by atoms with Gasteiger partial charge in [0, 0.05) is 37.2 Å². The second-order valence-corrected chi connectivity index (χ2v) is 7.88. The van der Waals surface area contributed by atoms with Crippen LogP contribution in [-0.2, 0) is 19.3 Å². The Kier molecular flexibility index (Phi) is 5.30. The lowest BCUT2D eigenvalue weighted by atomic mass is 9.98. The van der Waals surface area contributed by atoms with Gasteiger partial charge < -0.3 is 4.90 Å². The number of benzene rings is 2. The highest BCUT2D eigenvalue weighted by molar-refractivity contribution is 6.10. The van der Waals surface area contributed by atoms with Crippen molar-refractivity contribution in [3.63, 3.8) is 0 Å². The maximum atomic E-state index is 13.8. The van der Waals surface area contributed by atoms with Crippen molar-refractivity contribution in [2.24, 2.45) is 0 Å². The van der Waals surface area contributed by atoms with Gasteiger partial charge in [-0.1, -0.05) is 18.2 Å². The third-order valence-corrected chi connectivity index (χ3v) is 5.69. The van der Waals surface area contributed by atoms with Gasteiger partial charge in [-0.05, 0) is 48.4 Å². The maximum Gasteiger partial charge on any atom is 0.416 e. The second-order valence-electron chi connectivity index (χ2n) is 7.88. The lowest BCUT2D eigenvalue weighted by molar-refractivity contribution is -0.138. The summed E-state index contributed by atoms with van der Waals surface area (Å²) in [5.74, 6) is -3.22. The number of halogens is 5. The number of likely N-dealkylation sites (tertiary alicyclic amines) is 1. The van der Waals surface area contributed by atoms with E-state index < -0.39 is 23.6 Å². The molecule has 4 rings (SSSR count). The fourth-order valence-electron chi connectivity index (χ4n) is 4.17. The van der Waals surface area contributed by atoms with E-state index in [1.165, 1.54) is 11.0 Å². The molecule has 0 N–H and O–H groups in total. The molecular formula is C22H21F5N2O. The Hall–Kier alpha value is -2.48. The standard InChI is InChI=1S/C22H21F5N2O/c23-21(24)7-4-9-28(10-8-21)13-15-11-17-18(19(12-15)22(25,26)27)14-29(20(17)30)16-5-2-1-3-6-16/h1-3,5-6,11-12H,4,7-10,13-14H2. The van der Waals surface area contributed by atoms with Crippen LogP contribution in [0, 0.1) is 0 Å². The van der Waals surface area contributed by atoms with Crippen molar-refractivity contribution in [1.82, 2.24) is 4.90 Å².